The summed E-state index contributed by atoms with van der Waals surface area (Å²) in [5.41, 5.74) is 2.62. The van der Waals surface area contributed by atoms with Crippen LogP contribution in [0, 0.1) is 12.7 Å². The van der Waals surface area contributed by atoms with Crippen molar-refractivity contribution in [3.8, 4) is 0 Å². The van der Waals surface area contributed by atoms with Gasteiger partial charge in [0.25, 0.3) is 0 Å². The van der Waals surface area contributed by atoms with Crippen LogP contribution in [0.3, 0.4) is 0 Å². The van der Waals surface area contributed by atoms with Crippen LogP contribution >= 0.6 is 43.5 Å². The van der Waals surface area contributed by atoms with E-state index in [-0.39, 0.29) is 11.1 Å². The second kappa shape index (κ2) is 6.56. The molecule has 106 valence electrons. The smallest absolute Gasteiger partial charge is 0.148 e. The van der Waals surface area contributed by atoms with Crippen LogP contribution in [0.1, 0.15) is 22.7 Å². The molecule has 2 aromatic carbocycles. The van der Waals surface area contributed by atoms with Gasteiger partial charge in [0.2, 0.25) is 0 Å². The van der Waals surface area contributed by atoms with Gasteiger partial charge in [-0.25, -0.2) is 4.39 Å². The van der Waals surface area contributed by atoms with Gasteiger partial charge in [-0.15, -0.1) is 0 Å². The van der Waals surface area contributed by atoms with E-state index in [4.69, 9.17) is 11.6 Å². The summed E-state index contributed by atoms with van der Waals surface area (Å²) >= 11 is 12.7. The second-order valence-corrected chi connectivity index (χ2v) is 6.70. The summed E-state index contributed by atoms with van der Waals surface area (Å²) in [4.78, 5) is 0. The third kappa shape index (κ3) is 3.25. The predicted molar refractivity (Wildman–Crippen MR) is 88.9 cm³/mol. The second-order valence-electron chi connectivity index (χ2n) is 4.55. The molecule has 0 aromatic heterocycles. The topological polar surface area (TPSA) is 12.0 Å². The van der Waals surface area contributed by atoms with Gasteiger partial charge < -0.3 is 5.32 Å². The Morgan fingerprint density at radius 3 is 2.50 bits per heavy atom. The number of halogens is 4. The Morgan fingerprint density at radius 2 is 1.90 bits per heavy atom. The molecule has 20 heavy (non-hydrogen) atoms. The van der Waals surface area contributed by atoms with Crippen LogP contribution in [0.2, 0.25) is 5.02 Å². The van der Waals surface area contributed by atoms with E-state index in [0.717, 1.165) is 15.6 Å². The minimum Gasteiger partial charge on any atom is -0.309 e. The van der Waals surface area contributed by atoms with Crippen molar-refractivity contribution in [2.75, 3.05) is 7.05 Å². The van der Waals surface area contributed by atoms with Gasteiger partial charge in [0.15, 0.2) is 0 Å². The molecule has 0 aliphatic rings. The van der Waals surface area contributed by atoms with Crippen molar-refractivity contribution in [3.63, 3.8) is 0 Å². The molecule has 0 aliphatic heterocycles. The van der Waals surface area contributed by atoms with E-state index < -0.39 is 5.82 Å². The highest BCUT2D eigenvalue weighted by molar-refractivity contribution is 9.10. The van der Waals surface area contributed by atoms with Crippen LogP contribution in [0.25, 0.3) is 0 Å². The van der Waals surface area contributed by atoms with E-state index in [1.54, 1.807) is 19.2 Å². The zero-order valence-electron chi connectivity index (χ0n) is 11.0. The summed E-state index contributed by atoms with van der Waals surface area (Å²) in [5.74, 6) is -0.405. The molecule has 0 heterocycles. The van der Waals surface area contributed by atoms with E-state index in [1.165, 1.54) is 0 Å². The van der Waals surface area contributed by atoms with Crippen molar-refractivity contribution in [1.82, 2.24) is 5.32 Å². The Bertz CT molecular complexity index is 626. The van der Waals surface area contributed by atoms with E-state index in [1.807, 2.05) is 25.1 Å². The van der Waals surface area contributed by atoms with Gasteiger partial charge in [-0.05, 0) is 59.2 Å². The number of aryl methyl sites for hydroxylation is 1. The van der Waals surface area contributed by atoms with E-state index >= 15 is 0 Å². The van der Waals surface area contributed by atoms with Crippen molar-refractivity contribution in [2.24, 2.45) is 0 Å². The van der Waals surface area contributed by atoms with Gasteiger partial charge in [0.1, 0.15) is 5.82 Å². The Labute approximate surface area is 139 Å². The van der Waals surface area contributed by atoms with Crippen LogP contribution < -0.4 is 5.32 Å². The molecule has 0 aliphatic carbocycles. The molecule has 2 rings (SSSR count). The Kier molecular flexibility index (Phi) is 5.24. The van der Waals surface area contributed by atoms with Crippen LogP contribution in [-0.2, 0) is 0 Å². The van der Waals surface area contributed by atoms with Crippen molar-refractivity contribution in [1.29, 1.82) is 0 Å². The average Bonchev–Trinajstić information content (AvgIpc) is 2.38. The van der Waals surface area contributed by atoms with Crippen LogP contribution in [0.4, 0.5) is 4.39 Å². The lowest BCUT2D eigenvalue weighted by molar-refractivity contribution is 0.575. The van der Waals surface area contributed by atoms with Crippen molar-refractivity contribution < 1.29 is 4.39 Å². The molecule has 1 N–H and O–H groups in total. The molecule has 0 bridgehead atoms. The third-order valence-electron chi connectivity index (χ3n) is 3.06. The van der Waals surface area contributed by atoms with E-state index in [2.05, 4.69) is 37.2 Å². The SMILES string of the molecule is CNC(c1cc(C)cc(Br)c1)c1ccc(Br)c(Cl)c1F. The first-order valence-corrected chi connectivity index (χ1v) is 7.98. The summed E-state index contributed by atoms with van der Waals surface area (Å²) < 4.78 is 15.9. The molecule has 0 saturated heterocycles. The molecular weight excluding hydrogens is 408 g/mol. The highest BCUT2D eigenvalue weighted by Gasteiger charge is 2.20. The fourth-order valence-corrected chi connectivity index (χ4v) is 3.30. The standard InChI is InChI=1S/C15H13Br2ClFN/c1-8-5-9(7-10(16)6-8)15(20-2)11-3-4-12(17)13(18)14(11)19/h3-7,15,20H,1-2H3. The molecule has 0 radical (unpaired) electrons. The summed E-state index contributed by atoms with van der Waals surface area (Å²) in [6.45, 7) is 2.01. The number of hydrogen-bond donors (Lipinski definition) is 1. The fourth-order valence-electron chi connectivity index (χ4n) is 2.20. The van der Waals surface area contributed by atoms with Crippen molar-refractivity contribution >= 4 is 43.5 Å². The van der Waals surface area contributed by atoms with Gasteiger partial charge in [0.05, 0.1) is 11.1 Å². The minimum atomic E-state index is -0.405. The third-order valence-corrected chi connectivity index (χ3v) is 4.78. The quantitative estimate of drug-likeness (QED) is 0.634. The summed E-state index contributed by atoms with van der Waals surface area (Å²) in [5, 5.41) is 3.25. The molecule has 1 nitrogen and oxygen atoms in total. The van der Waals surface area contributed by atoms with E-state index in [0.29, 0.717) is 10.0 Å². The van der Waals surface area contributed by atoms with Crippen molar-refractivity contribution in [3.05, 3.63) is 66.8 Å². The molecule has 0 spiro atoms. The zero-order valence-corrected chi connectivity index (χ0v) is 14.9. The molecule has 0 amide bonds. The Morgan fingerprint density at radius 1 is 1.20 bits per heavy atom. The lowest BCUT2D eigenvalue weighted by Gasteiger charge is -2.19. The maximum atomic E-state index is 14.4. The molecule has 2 aromatic rings. The number of benzene rings is 2. The molecular formula is C15H13Br2ClFN. The monoisotopic (exact) mass is 419 g/mol. The molecule has 1 atom stereocenters. The Balaban J connectivity index is 2.55. The van der Waals surface area contributed by atoms with E-state index in [9.17, 15) is 4.39 Å². The highest BCUT2D eigenvalue weighted by atomic mass is 79.9. The molecule has 1 unspecified atom stereocenters. The highest BCUT2D eigenvalue weighted by Crippen LogP contribution is 2.33. The number of nitrogens with one attached hydrogen (secondary N) is 1. The number of rotatable bonds is 3. The molecule has 5 heteroatoms. The fraction of sp³-hybridized carbons (Fsp3) is 0.200. The lowest BCUT2D eigenvalue weighted by atomic mass is 9.97. The van der Waals surface area contributed by atoms with Crippen LogP contribution in [-0.4, -0.2) is 7.05 Å². The lowest BCUT2D eigenvalue weighted by Crippen LogP contribution is -2.19. The predicted octanol–water partition coefficient (Wildman–Crippen LogP) is 5.62. The first-order chi connectivity index (χ1) is 9.43. The summed E-state index contributed by atoms with van der Waals surface area (Å²) in [6.07, 6.45) is 0. The van der Waals surface area contributed by atoms with Gasteiger partial charge in [0, 0.05) is 14.5 Å². The normalized spacial score (nSPS) is 12.5. The van der Waals surface area contributed by atoms with Gasteiger partial charge in [-0.2, -0.15) is 0 Å². The Hall–Kier alpha value is -0.420. The molecule has 0 saturated carbocycles. The average molecular weight is 422 g/mol. The van der Waals surface area contributed by atoms with Crippen molar-refractivity contribution in [2.45, 2.75) is 13.0 Å². The minimum absolute atomic E-state index is 0.106. The summed E-state index contributed by atoms with van der Waals surface area (Å²) in [7, 11) is 1.80. The van der Waals surface area contributed by atoms with Crippen LogP contribution in [0.5, 0.6) is 0 Å². The van der Waals surface area contributed by atoms with Crippen LogP contribution in [0.15, 0.2) is 39.3 Å². The summed E-state index contributed by atoms with van der Waals surface area (Å²) in [6, 6.07) is 9.27. The van der Waals surface area contributed by atoms with Gasteiger partial charge >= 0.3 is 0 Å². The zero-order chi connectivity index (χ0) is 14.9. The van der Waals surface area contributed by atoms with Gasteiger partial charge in [-0.1, -0.05) is 39.7 Å². The maximum absolute atomic E-state index is 14.4. The van der Waals surface area contributed by atoms with Gasteiger partial charge in [-0.3, -0.25) is 0 Å². The molecule has 0 fully saturated rings. The largest absolute Gasteiger partial charge is 0.309 e. The maximum Gasteiger partial charge on any atom is 0.148 e. The number of hydrogen-bond acceptors (Lipinski definition) is 1. The first kappa shape index (κ1) is 16.0. The first-order valence-electron chi connectivity index (χ1n) is 6.01.